The van der Waals surface area contributed by atoms with Crippen molar-refractivity contribution in [1.82, 2.24) is 36.1 Å². The Bertz CT molecular complexity index is 1260. The van der Waals surface area contributed by atoms with Crippen LogP contribution >= 0.6 is 0 Å². The van der Waals surface area contributed by atoms with Gasteiger partial charge in [0.05, 0.1) is 12.2 Å². The predicted molar refractivity (Wildman–Crippen MR) is 164 cm³/mol. The van der Waals surface area contributed by atoms with Crippen LogP contribution in [0.2, 0.25) is 0 Å². The lowest BCUT2D eigenvalue weighted by Crippen LogP contribution is -2.66. The molecule has 4 N–H and O–H groups in total. The lowest BCUT2D eigenvalue weighted by Gasteiger charge is -2.44. The molecule has 45 heavy (non-hydrogen) atoms. The maximum atomic E-state index is 13.9. The summed E-state index contributed by atoms with van der Waals surface area (Å²) in [5.41, 5.74) is -0.634. The molecule has 1 aromatic heterocycles. The zero-order chi connectivity index (χ0) is 32.7. The number of Topliss-reactive ketones (excluding diaryl/α,β-unsaturated/α-hetero) is 1. The first-order valence-electron chi connectivity index (χ1n) is 16.2. The number of ketones is 1. The average Bonchev–Trinajstić information content (AvgIpc) is 3.81. The highest BCUT2D eigenvalue weighted by molar-refractivity contribution is 6.38. The van der Waals surface area contributed by atoms with Gasteiger partial charge in [-0.3, -0.25) is 33.8 Å². The summed E-state index contributed by atoms with van der Waals surface area (Å²) in [5, 5.41) is 11.1. The number of amides is 5. The highest BCUT2D eigenvalue weighted by Crippen LogP contribution is 2.29. The second-order valence-electron chi connectivity index (χ2n) is 13.5. The van der Waals surface area contributed by atoms with Crippen molar-refractivity contribution in [2.75, 3.05) is 6.54 Å². The molecule has 0 spiro atoms. The van der Waals surface area contributed by atoms with Gasteiger partial charge in [-0.05, 0) is 49.9 Å². The van der Waals surface area contributed by atoms with Crippen molar-refractivity contribution in [3.8, 4) is 0 Å². The second-order valence-corrected chi connectivity index (χ2v) is 13.5. The van der Waals surface area contributed by atoms with Crippen LogP contribution < -0.4 is 21.3 Å². The number of hydrogen-bond donors (Lipinski definition) is 4. The normalized spacial score (nSPS) is 20.5. The van der Waals surface area contributed by atoms with Crippen molar-refractivity contribution in [2.24, 2.45) is 11.3 Å². The lowest BCUT2D eigenvalue weighted by molar-refractivity contribution is -0.153. The lowest BCUT2D eigenvalue weighted by atomic mass is 9.81. The third-order valence-corrected chi connectivity index (χ3v) is 8.84. The summed E-state index contributed by atoms with van der Waals surface area (Å²) in [6, 6.07) is -3.66. The van der Waals surface area contributed by atoms with Gasteiger partial charge in [0, 0.05) is 25.0 Å². The molecule has 0 radical (unpaired) electrons. The molecule has 2 unspecified atom stereocenters. The van der Waals surface area contributed by atoms with Crippen molar-refractivity contribution < 1.29 is 28.8 Å². The monoisotopic (exact) mass is 625 g/mol. The quantitative estimate of drug-likeness (QED) is 0.238. The van der Waals surface area contributed by atoms with Crippen LogP contribution in [0.15, 0.2) is 18.6 Å². The predicted octanol–water partition coefficient (Wildman–Crippen LogP) is 1.42. The molecule has 13 heteroatoms. The van der Waals surface area contributed by atoms with Gasteiger partial charge in [-0.15, -0.1) is 0 Å². The highest BCUT2D eigenvalue weighted by Gasteiger charge is 2.46. The van der Waals surface area contributed by atoms with Gasteiger partial charge >= 0.3 is 0 Å². The molecule has 246 valence electrons. The smallest absolute Gasteiger partial charge is 0.289 e. The summed E-state index contributed by atoms with van der Waals surface area (Å²) in [6.45, 7) is 7.65. The van der Waals surface area contributed by atoms with Crippen LogP contribution in [0.25, 0.3) is 0 Å². The molecule has 2 saturated carbocycles. The van der Waals surface area contributed by atoms with Gasteiger partial charge in [-0.1, -0.05) is 53.4 Å². The first-order valence-corrected chi connectivity index (χ1v) is 16.2. The number of carbonyl (C=O) groups is 6. The largest absolute Gasteiger partial charge is 0.347 e. The summed E-state index contributed by atoms with van der Waals surface area (Å²) < 4.78 is 0. The van der Waals surface area contributed by atoms with Crippen LogP contribution in [0.5, 0.6) is 0 Å². The first-order chi connectivity index (χ1) is 21.4. The molecule has 13 nitrogen and oxygen atoms in total. The Morgan fingerprint density at radius 2 is 1.64 bits per heavy atom. The Kier molecular flexibility index (Phi) is 11.3. The minimum atomic E-state index is -0.988. The van der Waals surface area contributed by atoms with E-state index in [1.807, 2.05) is 27.7 Å². The standard InChI is InChI=1S/C32H47N7O6/c1-5-9-21(25(40)30(44)35-20-12-13-20)36-28(42)23-14-17-39(23)31(45)26(32(2,3)4)38-29(43)24(19-10-7-6-8-11-19)37-27(41)22-18-33-15-16-34-22/h15-16,18-21,23-24,26H,5-14,17H2,1-4H3,(H,35,44)(H,36,42)(H,37,41)(H,38,43)/t21?,23?,24-,26+/m0/s1. The maximum Gasteiger partial charge on any atom is 0.289 e. The summed E-state index contributed by atoms with van der Waals surface area (Å²) in [5.74, 6) is -3.41. The minimum Gasteiger partial charge on any atom is -0.347 e. The fourth-order valence-corrected chi connectivity index (χ4v) is 5.93. The molecule has 0 aromatic carbocycles. The molecule has 4 atom stereocenters. The van der Waals surface area contributed by atoms with E-state index in [1.165, 1.54) is 23.5 Å². The molecule has 3 aliphatic rings. The zero-order valence-electron chi connectivity index (χ0n) is 26.8. The molecule has 1 aliphatic heterocycles. The van der Waals surface area contributed by atoms with Gasteiger partial charge in [-0.2, -0.15) is 0 Å². The fourth-order valence-electron chi connectivity index (χ4n) is 5.93. The third kappa shape index (κ3) is 8.85. The van der Waals surface area contributed by atoms with Crippen molar-refractivity contribution in [2.45, 2.75) is 122 Å². The van der Waals surface area contributed by atoms with Crippen molar-refractivity contribution in [3.05, 3.63) is 24.3 Å². The summed E-state index contributed by atoms with van der Waals surface area (Å²) in [4.78, 5) is 88.7. The fraction of sp³-hybridized carbons (Fsp3) is 0.688. The van der Waals surface area contributed by atoms with Crippen LogP contribution in [0, 0.1) is 11.3 Å². The van der Waals surface area contributed by atoms with E-state index in [4.69, 9.17) is 0 Å². The molecule has 0 bridgehead atoms. The van der Waals surface area contributed by atoms with Crippen molar-refractivity contribution >= 4 is 35.3 Å². The van der Waals surface area contributed by atoms with E-state index in [2.05, 4.69) is 31.2 Å². The van der Waals surface area contributed by atoms with Gasteiger partial charge in [0.2, 0.25) is 23.5 Å². The molecule has 4 rings (SSSR count). The Morgan fingerprint density at radius 3 is 2.20 bits per heavy atom. The molecule has 1 aromatic rings. The van der Waals surface area contributed by atoms with Gasteiger partial charge in [0.25, 0.3) is 11.8 Å². The Labute approximate surface area is 264 Å². The van der Waals surface area contributed by atoms with Crippen LogP contribution in [0.3, 0.4) is 0 Å². The number of nitrogens with one attached hydrogen (secondary N) is 4. The molecule has 3 fully saturated rings. The molecule has 2 heterocycles. The maximum absolute atomic E-state index is 13.9. The summed E-state index contributed by atoms with van der Waals surface area (Å²) >= 11 is 0. The Balaban J connectivity index is 1.45. The number of nitrogens with zero attached hydrogens (tertiary/aromatic N) is 3. The Morgan fingerprint density at radius 1 is 0.933 bits per heavy atom. The van der Waals surface area contributed by atoms with Crippen molar-refractivity contribution in [3.63, 3.8) is 0 Å². The average molecular weight is 626 g/mol. The van der Waals surface area contributed by atoms with Crippen LogP contribution in [0.1, 0.15) is 102 Å². The second kappa shape index (κ2) is 14.9. The van der Waals surface area contributed by atoms with E-state index >= 15 is 0 Å². The van der Waals surface area contributed by atoms with E-state index in [0.29, 0.717) is 25.8 Å². The van der Waals surface area contributed by atoms with Gasteiger partial charge in [0.1, 0.15) is 23.8 Å². The number of carbonyl (C=O) groups excluding carboxylic acids is 6. The SMILES string of the molecule is CCCC(NC(=O)C1CCN1C(=O)[C@@H](NC(=O)[C@@H](NC(=O)c1cnccn1)C1CCCCC1)C(C)(C)C)C(=O)C(=O)NC1CC1. The first kappa shape index (κ1) is 34.0. The number of likely N-dealkylation sites (tertiary alicyclic amines) is 1. The number of rotatable bonds is 13. The summed E-state index contributed by atoms with van der Waals surface area (Å²) in [7, 11) is 0. The minimum absolute atomic E-state index is 0.0155. The highest BCUT2D eigenvalue weighted by atomic mass is 16.2. The number of hydrogen-bond acceptors (Lipinski definition) is 8. The number of aromatic nitrogens is 2. The van der Waals surface area contributed by atoms with E-state index in [0.717, 1.165) is 44.9 Å². The molecular formula is C32H47N7O6. The van der Waals surface area contributed by atoms with Gasteiger partial charge < -0.3 is 26.2 Å². The van der Waals surface area contributed by atoms with E-state index in [-0.39, 0.29) is 17.7 Å². The van der Waals surface area contributed by atoms with E-state index in [9.17, 15) is 28.8 Å². The van der Waals surface area contributed by atoms with E-state index < -0.39 is 64.9 Å². The molecule has 2 aliphatic carbocycles. The summed E-state index contributed by atoms with van der Waals surface area (Å²) in [6.07, 6.45) is 11.6. The molecular weight excluding hydrogens is 578 g/mol. The van der Waals surface area contributed by atoms with E-state index in [1.54, 1.807) is 0 Å². The van der Waals surface area contributed by atoms with Crippen LogP contribution in [-0.2, 0) is 24.0 Å². The molecule has 5 amide bonds. The van der Waals surface area contributed by atoms with Crippen LogP contribution in [0.4, 0.5) is 0 Å². The third-order valence-electron chi connectivity index (χ3n) is 8.84. The molecule has 1 saturated heterocycles. The van der Waals surface area contributed by atoms with Crippen LogP contribution in [-0.4, -0.2) is 86.9 Å². The van der Waals surface area contributed by atoms with Crippen molar-refractivity contribution in [1.29, 1.82) is 0 Å². The van der Waals surface area contributed by atoms with Gasteiger partial charge in [-0.25, -0.2) is 4.98 Å². The van der Waals surface area contributed by atoms with Gasteiger partial charge in [0.15, 0.2) is 0 Å². The zero-order valence-corrected chi connectivity index (χ0v) is 26.8. The Hall–Kier alpha value is -3.90. The topological polar surface area (TPSA) is 180 Å².